The van der Waals surface area contributed by atoms with Gasteiger partial charge in [0.05, 0.1) is 10.5 Å². The van der Waals surface area contributed by atoms with E-state index in [9.17, 15) is 10.1 Å². The van der Waals surface area contributed by atoms with Gasteiger partial charge in [-0.3, -0.25) is 10.1 Å². The van der Waals surface area contributed by atoms with Crippen LogP contribution in [0.15, 0.2) is 42.5 Å². The Bertz CT molecular complexity index is 657. The molecule has 0 aliphatic carbocycles. The van der Waals surface area contributed by atoms with E-state index < -0.39 is 4.92 Å². The first kappa shape index (κ1) is 12.6. The first-order chi connectivity index (χ1) is 9.10. The summed E-state index contributed by atoms with van der Waals surface area (Å²) in [6.45, 7) is 1.89. The Morgan fingerprint density at radius 1 is 1.21 bits per heavy atom. The molecule has 0 spiro atoms. The van der Waals surface area contributed by atoms with Crippen molar-refractivity contribution in [3.63, 3.8) is 0 Å². The predicted molar refractivity (Wildman–Crippen MR) is 69.1 cm³/mol. The van der Waals surface area contributed by atoms with Crippen LogP contribution in [0.3, 0.4) is 0 Å². The highest BCUT2D eigenvalue weighted by Crippen LogP contribution is 2.27. The molecule has 0 saturated heterocycles. The molecule has 0 fully saturated rings. The van der Waals surface area contributed by atoms with Crippen LogP contribution in [0.1, 0.15) is 11.1 Å². The summed E-state index contributed by atoms with van der Waals surface area (Å²) in [5.41, 5.74) is 1.39. The zero-order chi connectivity index (χ0) is 13.8. The summed E-state index contributed by atoms with van der Waals surface area (Å²) in [6, 6.07) is 13.0. The molecule has 0 unspecified atom stereocenters. The van der Waals surface area contributed by atoms with Crippen LogP contribution in [0.2, 0.25) is 0 Å². The summed E-state index contributed by atoms with van der Waals surface area (Å²) in [4.78, 5) is 10.1. The Hall–Kier alpha value is -2.87. The molecule has 2 rings (SSSR count). The second-order valence-electron chi connectivity index (χ2n) is 3.96. The van der Waals surface area contributed by atoms with Gasteiger partial charge in [0.15, 0.2) is 0 Å². The number of nitro groups is 1. The van der Waals surface area contributed by atoms with Gasteiger partial charge in [-0.2, -0.15) is 5.26 Å². The standard InChI is InChI=1S/C14H10N2O3/c1-10-2-7-14(11(8-10)9-15)19-13-5-3-12(4-6-13)16(17)18/h2-8H,1H3. The van der Waals surface area contributed by atoms with E-state index >= 15 is 0 Å². The second-order valence-corrected chi connectivity index (χ2v) is 3.96. The summed E-state index contributed by atoms with van der Waals surface area (Å²) < 4.78 is 5.55. The number of rotatable bonds is 3. The SMILES string of the molecule is Cc1ccc(Oc2ccc([N+](=O)[O-])cc2)c(C#N)c1. The third kappa shape index (κ3) is 2.87. The van der Waals surface area contributed by atoms with E-state index in [4.69, 9.17) is 10.00 Å². The predicted octanol–water partition coefficient (Wildman–Crippen LogP) is 3.57. The van der Waals surface area contributed by atoms with Crippen molar-refractivity contribution in [2.45, 2.75) is 6.92 Å². The van der Waals surface area contributed by atoms with Crippen molar-refractivity contribution in [3.05, 3.63) is 63.7 Å². The first-order valence-electron chi connectivity index (χ1n) is 5.53. The normalized spacial score (nSPS) is 9.68. The minimum absolute atomic E-state index is 0.00300. The lowest BCUT2D eigenvalue weighted by Gasteiger charge is -2.07. The fourth-order valence-corrected chi connectivity index (χ4v) is 1.58. The Morgan fingerprint density at radius 3 is 2.47 bits per heavy atom. The monoisotopic (exact) mass is 254 g/mol. The number of nitrogens with zero attached hydrogens (tertiary/aromatic N) is 2. The summed E-state index contributed by atoms with van der Waals surface area (Å²) in [6.07, 6.45) is 0. The number of benzene rings is 2. The van der Waals surface area contributed by atoms with Crippen molar-refractivity contribution in [2.75, 3.05) is 0 Å². The van der Waals surface area contributed by atoms with Crippen LogP contribution in [0.4, 0.5) is 5.69 Å². The number of nitro benzene ring substituents is 1. The van der Waals surface area contributed by atoms with E-state index in [2.05, 4.69) is 6.07 Å². The van der Waals surface area contributed by atoms with E-state index in [1.165, 1.54) is 24.3 Å². The van der Waals surface area contributed by atoms with Crippen LogP contribution in [-0.4, -0.2) is 4.92 Å². The highest BCUT2D eigenvalue weighted by atomic mass is 16.6. The molecule has 0 amide bonds. The van der Waals surface area contributed by atoms with E-state index in [0.29, 0.717) is 17.1 Å². The van der Waals surface area contributed by atoms with E-state index in [-0.39, 0.29) is 5.69 Å². The fourth-order valence-electron chi connectivity index (χ4n) is 1.58. The van der Waals surface area contributed by atoms with Crippen molar-refractivity contribution < 1.29 is 9.66 Å². The van der Waals surface area contributed by atoms with Gasteiger partial charge in [-0.15, -0.1) is 0 Å². The molecule has 94 valence electrons. The van der Waals surface area contributed by atoms with Gasteiger partial charge in [-0.05, 0) is 36.8 Å². The molecule has 0 N–H and O–H groups in total. The van der Waals surface area contributed by atoms with E-state index in [0.717, 1.165) is 5.56 Å². The first-order valence-corrected chi connectivity index (χ1v) is 5.53. The zero-order valence-corrected chi connectivity index (χ0v) is 10.2. The Balaban J connectivity index is 2.26. The molecule has 5 nitrogen and oxygen atoms in total. The van der Waals surface area contributed by atoms with Crippen molar-refractivity contribution in [1.29, 1.82) is 5.26 Å². The van der Waals surface area contributed by atoms with Gasteiger partial charge in [0, 0.05) is 12.1 Å². The number of hydrogen-bond donors (Lipinski definition) is 0. The van der Waals surface area contributed by atoms with Gasteiger partial charge >= 0.3 is 0 Å². The van der Waals surface area contributed by atoms with Crippen LogP contribution in [0.5, 0.6) is 11.5 Å². The minimum atomic E-state index is -0.476. The Kier molecular flexibility index (Phi) is 3.44. The number of hydrogen-bond acceptors (Lipinski definition) is 4. The largest absolute Gasteiger partial charge is 0.456 e. The van der Waals surface area contributed by atoms with Crippen molar-refractivity contribution in [2.24, 2.45) is 0 Å². The van der Waals surface area contributed by atoms with Crippen LogP contribution in [-0.2, 0) is 0 Å². The molecule has 0 aliphatic rings. The van der Waals surface area contributed by atoms with Crippen LogP contribution in [0, 0.1) is 28.4 Å². The molecule has 0 heterocycles. The maximum absolute atomic E-state index is 10.5. The van der Waals surface area contributed by atoms with Crippen LogP contribution >= 0.6 is 0 Å². The molecule has 19 heavy (non-hydrogen) atoms. The molecule has 2 aromatic carbocycles. The highest BCUT2D eigenvalue weighted by Gasteiger charge is 2.07. The molecule has 2 aromatic rings. The van der Waals surface area contributed by atoms with Crippen LogP contribution < -0.4 is 4.74 Å². The summed E-state index contributed by atoms with van der Waals surface area (Å²) >= 11 is 0. The molecule has 0 atom stereocenters. The fraction of sp³-hybridized carbons (Fsp3) is 0.0714. The maximum atomic E-state index is 10.5. The molecule has 0 bridgehead atoms. The molecular formula is C14H10N2O3. The topological polar surface area (TPSA) is 76.2 Å². The average molecular weight is 254 g/mol. The van der Waals surface area contributed by atoms with Crippen molar-refractivity contribution in [3.8, 4) is 17.6 Å². The van der Waals surface area contributed by atoms with Gasteiger partial charge in [0.25, 0.3) is 5.69 Å². The lowest BCUT2D eigenvalue weighted by molar-refractivity contribution is -0.384. The van der Waals surface area contributed by atoms with Crippen molar-refractivity contribution in [1.82, 2.24) is 0 Å². The van der Waals surface area contributed by atoms with E-state index in [1.807, 2.05) is 13.0 Å². The van der Waals surface area contributed by atoms with Gasteiger partial charge < -0.3 is 4.74 Å². The van der Waals surface area contributed by atoms with Gasteiger partial charge in [-0.25, -0.2) is 0 Å². The van der Waals surface area contributed by atoms with Gasteiger partial charge in [0.1, 0.15) is 17.6 Å². The lowest BCUT2D eigenvalue weighted by Crippen LogP contribution is -1.90. The summed E-state index contributed by atoms with van der Waals surface area (Å²) in [5.74, 6) is 0.882. The van der Waals surface area contributed by atoms with Crippen molar-refractivity contribution >= 4 is 5.69 Å². The third-order valence-electron chi connectivity index (χ3n) is 2.53. The maximum Gasteiger partial charge on any atom is 0.269 e. The lowest BCUT2D eigenvalue weighted by atomic mass is 10.1. The smallest absolute Gasteiger partial charge is 0.269 e. The molecular weight excluding hydrogens is 244 g/mol. The molecule has 0 aromatic heterocycles. The number of ether oxygens (including phenoxy) is 1. The zero-order valence-electron chi connectivity index (χ0n) is 10.2. The molecule has 0 aliphatic heterocycles. The molecule has 0 saturated carbocycles. The number of nitriles is 1. The third-order valence-corrected chi connectivity index (χ3v) is 2.53. The number of non-ortho nitro benzene ring substituents is 1. The van der Waals surface area contributed by atoms with Gasteiger partial charge in [0.2, 0.25) is 0 Å². The number of aryl methyl sites for hydroxylation is 1. The average Bonchev–Trinajstić information content (AvgIpc) is 2.41. The molecule has 0 radical (unpaired) electrons. The highest BCUT2D eigenvalue weighted by molar-refractivity contribution is 5.47. The Labute approximate surface area is 109 Å². The van der Waals surface area contributed by atoms with Gasteiger partial charge in [-0.1, -0.05) is 6.07 Å². The summed E-state index contributed by atoms with van der Waals surface area (Å²) in [5, 5.41) is 19.5. The van der Waals surface area contributed by atoms with Crippen LogP contribution in [0.25, 0.3) is 0 Å². The minimum Gasteiger partial charge on any atom is -0.456 e. The Morgan fingerprint density at radius 2 is 1.89 bits per heavy atom. The quantitative estimate of drug-likeness (QED) is 0.619. The van der Waals surface area contributed by atoms with E-state index in [1.54, 1.807) is 12.1 Å². The summed E-state index contributed by atoms with van der Waals surface area (Å²) in [7, 11) is 0. The molecule has 5 heteroatoms. The second kappa shape index (κ2) is 5.19.